The Balaban J connectivity index is 2.39. The standard InChI is InChI=1S/C30H45NO9P2/c1-7-25(22-13-16-24(32)17-14-22)26(8-2)23-15-18-28(33)27(21-23)31-29(34)19-20-30(41(35,37-9-3)38-10-4)42(36,39-11-5)40-12-6/h13-18,21,30,32-33H,7-12,19-20H2,1-6H3,(H,31,34)/b26-25+. The van der Waals surface area contributed by atoms with Gasteiger partial charge in [-0.2, -0.15) is 0 Å². The molecule has 0 aliphatic rings. The molecule has 0 bridgehead atoms. The summed E-state index contributed by atoms with van der Waals surface area (Å²) < 4.78 is 49.4. The number of phenols is 2. The summed E-state index contributed by atoms with van der Waals surface area (Å²) in [6, 6.07) is 12.0. The largest absolute Gasteiger partial charge is 0.508 e. The molecule has 0 aromatic heterocycles. The highest BCUT2D eigenvalue weighted by Gasteiger charge is 2.50. The van der Waals surface area contributed by atoms with E-state index in [-0.39, 0.29) is 56.5 Å². The van der Waals surface area contributed by atoms with Gasteiger partial charge in [0.2, 0.25) is 5.91 Å². The molecule has 234 valence electrons. The molecule has 3 N–H and O–H groups in total. The quantitative estimate of drug-likeness (QED) is 0.0846. The Morgan fingerprint density at radius 3 is 1.64 bits per heavy atom. The van der Waals surface area contributed by atoms with Gasteiger partial charge in [0.25, 0.3) is 0 Å². The molecule has 42 heavy (non-hydrogen) atoms. The van der Waals surface area contributed by atoms with Crippen LogP contribution in [0, 0.1) is 0 Å². The molecule has 0 saturated carbocycles. The Labute approximate surface area is 249 Å². The summed E-state index contributed by atoms with van der Waals surface area (Å²) in [5, 5.41) is 21.7. The first kappa shape index (κ1) is 35.7. The number of phenolic OH excluding ortho intramolecular Hbond substituents is 2. The van der Waals surface area contributed by atoms with E-state index in [4.69, 9.17) is 18.1 Å². The number of benzene rings is 2. The summed E-state index contributed by atoms with van der Waals surface area (Å²) in [5.74, 6) is -0.435. The van der Waals surface area contributed by atoms with Crippen molar-refractivity contribution < 1.29 is 42.2 Å². The molecule has 1 amide bonds. The fraction of sp³-hybridized carbons (Fsp3) is 0.500. The van der Waals surface area contributed by atoms with Gasteiger partial charge in [0.05, 0.1) is 32.1 Å². The third kappa shape index (κ3) is 9.27. The van der Waals surface area contributed by atoms with Gasteiger partial charge < -0.3 is 33.6 Å². The second-order valence-electron chi connectivity index (χ2n) is 9.26. The van der Waals surface area contributed by atoms with E-state index in [1.54, 1.807) is 52.0 Å². The predicted octanol–water partition coefficient (Wildman–Crippen LogP) is 8.41. The van der Waals surface area contributed by atoms with Crippen LogP contribution in [0.3, 0.4) is 0 Å². The number of carbonyl (C=O) groups is 1. The van der Waals surface area contributed by atoms with Crippen molar-refractivity contribution in [1.29, 1.82) is 0 Å². The van der Waals surface area contributed by atoms with Crippen molar-refractivity contribution in [2.24, 2.45) is 0 Å². The highest BCUT2D eigenvalue weighted by atomic mass is 31.2. The lowest BCUT2D eigenvalue weighted by molar-refractivity contribution is -0.116. The zero-order valence-corrected chi connectivity index (χ0v) is 27.2. The Bertz CT molecular complexity index is 1240. The van der Waals surface area contributed by atoms with Crippen LogP contribution in [-0.4, -0.2) is 47.9 Å². The molecule has 0 unspecified atom stereocenters. The maximum Gasteiger partial charge on any atom is 0.345 e. The normalized spacial score (nSPS) is 12.8. The predicted molar refractivity (Wildman–Crippen MR) is 167 cm³/mol. The van der Waals surface area contributed by atoms with Crippen molar-refractivity contribution in [3.63, 3.8) is 0 Å². The number of amides is 1. The number of allylic oxidation sites excluding steroid dienone is 2. The van der Waals surface area contributed by atoms with Crippen molar-refractivity contribution in [3.05, 3.63) is 53.6 Å². The molecule has 0 spiro atoms. The number of rotatable bonds is 18. The minimum atomic E-state index is -4.00. The SMILES string of the molecule is CCOP(=O)(OCC)C(CCC(=O)Nc1cc(/C(CC)=C(\CC)c2ccc(O)cc2)ccc1O)P(=O)(OCC)OCC. The minimum Gasteiger partial charge on any atom is -0.508 e. The van der Waals surface area contributed by atoms with Crippen molar-refractivity contribution >= 4 is 37.9 Å². The molecule has 2 aromatic rings. The van der Waals surface area contributed by atoms with E-state index < -0.39 is 26.5 Å². The lowest BCUT2D eigenvalue weighted by atomic mass is 9.91. The van der Waals surface area contributed by atoms with Gasteiger partial charge in [0, 0.05) is 6.42 Å². The van der Waals surface area contributed by atoms with E-state index in [1.165, 1.54) is 6.07 Å². The molecule has 0 radical (unpaired) electrons. The van der Waals surface area contributed by atoms with Crippen molar-refractivity contribution in [2.75, 3.05) is 31.7 Å². The molecule has 12 heteroatoms. The van der Waals surface area contributed by atoms with Crippen LogP contribution in [0.1, 0.15) is 78.4 Å². The lowest BCUT2D eigenvalue weighted by Gasteiger charge is -2.31. The van der Waals surface area contributed by atoms with Crippen LogP contribution in [0.2, 0.25) is 0 Å². The summed E-state index contributed by atoms with van der Waals surface area (Å²) in [4.78, 5) is 13.1. The molecule has 0 fully saturated rings. The van der Waals surface area contributed by atoms with E-state index >= 15 is 0 Å². The van der Waals surface area contributed by atoms with Gasteiger partial charge in [0.15, 0.2) is 5.40 Å². The average molecular weight is 626 g/mol. The first-order chi connectivity index (χ1) is 20.0. The van der Waals surface area contributed by atoms with Crippen LogP contribution in [-0.2, 0) is 32.0 Å². The lowest BCUT2D eigenvalue weighted by Crippen LogP contribution is -2.21. The topological polar surface area (TPSA) is 141 Å². The maximum atomic E-state index is 13.7. The fourth-order valence-corrected chi connectivity index (χ4v) is 10.1. The third-order valence-corrected chi connectivity index (χ3v) is 12.6. The number of nitrogens with one attached hydrogen (secondary N) is 1. The molecule has 2 rings (SSSR count). The van der Waals surface area contributed by atoms with Crippen LogP contribution >= 0.6 is 15.2 Å². The second kappa shape index (κ2) is 17.0. The highest BCUT2D eigenvalue weighted by molar-refractivity contribution is 7.72. The van der Waals surface area contributed by atoms with Gasteiger partial charge in [-0.3, -0.25) is 13.9 Å². The van der Waals surface area contributed by atoms with Crippen LogP contribution in [0.25, 0.3) is 11.1 Å². The van der Waals surface area contributed by atoms with E-state index in [0.717, 1.165) is 28.7 Å². The summed E-state index contributed by atoms with van der Waals surface area (Å²) in [6.45, 7) is 10.8. The second-order valence-corrected chi connectivity index (χ2v) is 14.1. The zero-order chi connectivity index (χ0) is 31.3. The van der Waals surface area contributed by atoms with E-state index in [1.807, 2.05) is 26.0 Å². The first-order valence-electron chi connectivity index (χ1n) is 14.4. The van der Waals surface area contributed by atoms with Crippen LogP contribution in [0.5, 0.6) is 11.5 Å². The monoisotopic (exact) mass is 625 g/mol. The van der Waals surface area contributed by atoms with E-state index in [0.29, 0.717) is 6.42 Å². The molecule has 0 atom stereocenters. The number of hydrogen-bond acceptors (Lipinski definition) is 9. The maximum absolute atomic E-state index is 13.7. The Kier molecular flexibility index (Phi) is 14.5. The molecule has 0 saturated heterocycles. The minimum absolute atomic E-state index is 0.0378. The average Bonchev–Trinajstić information content (AvgIpc) is 2.94. The van der Waals surface area contributed by atoms with Gasteiger partial charge in [-0.15, -0.1) is 0 Å². The number of anilines is 1. The molecule has 0 heterocycles. The van der Waals surface area contributed by atoms with E-state index in [2.05, 4.69) is 5.32 Å². The fourth-order valence-electron chi connectivity index (χ4n) is 4.77. The van der Waals surface area contributed by atoms with E-state index in [9.17, 15) is 24.1 Å². The van der Waals surface area contributed by atoms with Gasteiger partial charge in [-0.05, 0) is 93.5 Å². The summed E-state index contributed by atoms with van der Waals surface area (Å²) in [7, 11) is -7.99. The van der Waals surface area contributed by atoms with Crippen LogP contribution in [0.15, 0.2) is 42.5 Å². The third-order valence-electron chi connectivity index (χ3n) is 6.50. The zero-order valence-electron chi connectivity index (χ0n) is 25.4. The summed E-state index contributed by atoms with van der Waals surface area (Å²) in [6.07, 6.45) is 1.05. The van der Waals surface area contributed by atoms with Gasteiger partial charge in [0.1, 0.15) is 11.5 Å². The van der Waals surface area contributed by atoms with Gasteiger partial charge in [-0.1, -0.05) is 32.0 Å². The van der Waals surface area contributed by atoms with Crippen LogP contribution < -0.4 is 5.32 Å². The Morgan fingerprint density at radius 1 is 0.738 bits per heavy atom. The smallest absolute Gasteiger partial charge is 0.345 e. The molecule has 0 aliphatic heterocycles. The molecule has 2 aromatic carbocycles. The number of carbonyl (C=O) groups excluding carboxylic acids is 1. The number of aromatic hydroxyl groups is 2. The van der Waals surface area contributed by atoms with Crippen molar-refractivity contribution in [2.45, 2.75) is 72.6 Å². The molecular formula is C30H45NO9P2. The van der Waals surface area contributed by atoms with Crippen molar-refractivity contribution in [3.8, 4) is 11.5 Å². The Morgan fingerprint density at radius 2 is 1.19 bits per heavy atom. The first-order valence-corrected chi connectivity index (χ1v) is 17.7. The summed E-state index contributed by atoms with van der Waals surface area (Å²) >= 11 is 0. The molecule has 10 nitrogen and oxygen atoms in total. The van der Waals surface area contributed by atoms with Crippen molar-refractivity contribution in [1.82, 2.24) is 0 Å². The van der Waals surface area contributed by atoms with Gasteiger partial charge >= 0.3 is 15.2 Å². The Hall–Kier alpha value is -2.45. The van der Waals surface area contributed by atoms with Crippen LogP contribution in [0.4, 0.5) is 5.69 Å². The molecular weight excluding hydrogens is 580 g/mol. The highest BCUT2D eigenvalue weighted by Crippen LogP contribution is 2.71. The summed E-state index contributed by atoms with van der Waals surface area (Å²) in [5.41, 5.74) is 4.11. The van der Waals surface area contributed by atoms with Gasteiger partial charge in [-0.25, -0.2) is 0 Å². The molecule has 0 aliphatic carbocycles. The number of hydrogen-bond donors (Lipinski definition) is 3.